The molecule has 0 bridgehead atoms. The normalized spacial score (nSPS) is 27.1. The van der Waals surface area contributed by atoms with E-state index in [0.717, 1.165) is 5.56 Å². The summed E-state index contributed by atoms with van der Waals surface area (Å²) in [6.07, 6.45) is 4.97. The highest BCUT2D eigenvalue weighted by atomic mass is 16.3. The smallest absolute Gasteiger partial charge is 0.226 e. The summed E-state index contributed by atoms with van der Waals surface area (Å²) < 4.78 is 0. The van der Waals surface area contributed by atoms with E-state index < -0.39 is 5.60 Å². The van der Waals surface area contributed by atoms with Crippen LogP contribution in [0.2, 0.25) is 0 Å². The van der Waals surface area contributed by atoms with E-state index in [1.54, 1.807) is 13.8 Å². The molecule has 2 unspecified atom stereocenters. The van der Waals surface area contributed by atoms with Crippen LogP contribution < -0.4 is 0 Å². The average Bonchev–Trinajstić information content (AvgIpc) is 3.20. The summed E-state index contributed by atoms with van der Waals surface area (Å²) in [5.41, 5.74) is 0.272. The van der Waals surface area contributed by atoms with Gasteiger partial charge in [0.2, 0.25) is 5.91 Å². The Morgan fingerprint density at radius 2 is 1.77 bits per heavy atom. The van der Waals surface area contributed by atoms with E-state index in [1.807, 2.05) is 35.2 Å². The Balaban J connectivity index is 1.72. The summed E-state index contributed by atoms with van der Waals surface area (Å²) in [7, 11) is 0. The van der Waals surface area contributed by atoms with Gasteiger partial charge in [-0.05, 0) is 44.1 Å². The fourth-order valence-electron chi connectivity index (χ4n) is 4.05. The van der Waals surface area contributed by atoms with Crippen LogP contribution in [0.25, 0.3) is 0 Å². The predicted molar refractivity (Wildman–Crippen MR) is 87.1 cm³/mol. The molecule has 1 N–H and O–H groups in total. The quantitative estimate of drug-likeness (QED) is 0.907. The lowest BCUT2D eigenvalue weighted by Crippen LogP contribution is -2.42. The summed E-state index contributed by atoms with van der Waals surface area (Å²) >= 11 is 0. The third kappa shape index (κ3) is 3.52. The number of hydrogen-bond acceptors (Lipinski definition) is 2. The van der Waals surface area contributed by atoms with Crippen LogP contribution in [-0.4, -0.2) is 28.1 Å². The van der Waals surface area contributed by atoms with Gasteiger partial charge in [-0.2, -0.15) is 0 Å². The lowest BCUT2D eigenvalue weighted by atomic mass is 10.0. The van der Waals surface area contributed by atoms with Crippen molar-refractivity contribution < 1.29 is 9.90 Å². The predicted octanol–water partition coefficient (Wildman–Crippen LogP) is 3.22. The molecule has 0 aliphatic heterocycles. The van der Waals surface area contributed by atoms with Crippen LogP contribution >= 0.6 is 0 Å². The van der Waals surface area contributed by atoms with E-state index >= 15 is 0 Å². The van der Waals surface area contributed by atoms with E-state index in [0.29, 0.717) is 24.9 Å². The molecule has 2 fully saturated rings. The zero-order valence-corrected chi connectivity index (χ0v) is 13.7. The van der Waals surface area contributed by atoms with Crippen molar-refractivity contribution in [2.24, 2.45) is 17.8 Å². The number of nitrogens with zero attached hydrogens (tertiary/aromatic N) is 1. The van der Waals surface area contributed by atoms with E-state index in [1.165, 1.54) is 25.7 Å². The number of aliphatic hydroxyl groups is 1. The maximum absolute atomic E-state index is 13.0. The molecule has 0 aromatic heterocycles. The minimum Gasteiger partial charge on any atom is -0.389 e. The van der Waals surface area contributed by atoms with Crippen LogP contribution in [0.1, 0.15) is 45.1 Å². The van der Waals surface area contributed by atoms with Gasteiger partial charge < -0.3 is 10.0 Å². The van der Waals surface area contributed by atoms with Crippen molar-refractivity contribution in [1.82, 2.24) is 4.90 Å². The molecular weight excluding hydrogens is 274 g/mol. The molecule has 2 aliphatic rings. The second kappa shape index (κ2) is 6.04. The van der Waals surface area contributed by atoms with Gasteiger partial charge in [0, 0.05) is 19.0 Å². The number of carbonyl (C=O) groups is 1. The van der Waals surface area contributed by atoms with Crippen molar-refractivity contribution in [3.05, 3.63) is 35.9 Å². The molecule has 3 nitrogen and oxygen atoms in total. The third-order valence-corrected chi connectivity index (χ3v) is 5.05. The Morgan fingerprint density at radius 1 is 1.18 bits per heavy atom. The molecule has 0 saturated heterocycles. The summed E-state index contributed by atoms with van der Waals surface area (Å²) in [5, 5.41) is 10.2. The summed E-state index contributed by atoms with van der Waals surface area (Å²) in [4.78, 5) is 14.8. The lowest BCUT2D eigenvalue weighted by molar-refractivity contribution is -0.137. The van der Waals surface area contributed by atoms with Gasteiger partial charge in [-0.3, -0.25) is 4.79 Å². The van der Waals surface area contributed by atoms with E-state index in [-0.39, 0.29) is 11.8 Å². The van der Waals surface area contributed by atoms with E-state index in [2.05, 4.69) is 0 Å². The van der Waals surface area contributed by atoms with Crippen LogP contribution in [0.15, 0.2) is 30.3 Å². The molecule has 1 aromatic carbocycles. The highest BCUT2D eigenvalue weighted by Crippen LogP contribution is 2.56. The first-order valence-electron chi connectivity index (χ1n) is 8.51. The second-order valence-electron chi connectivity index (χ2n) is 7.63. The first kappa shape index (κ1) is 15.5. The van der Waals surface area contributed by atoms with Crippen LogP contribution in [0.3, 0.4) is 0 Å². The van der Waals surface area contributed by atoms with Crippen LogP contribution in [0.5, 0.6) is 0 Å². The summed E-state index contributed by atoms with van der Waals surface area (Å²) in [6, 6.07) is 10.1. The van der Waals surface area contributed by atoms with Crippen molar-refractivity contribution in [2.75, 3.05) is 6.54 Å². The molecule has 3 heteroatoms. The number of carbonyl (C=O) groups excluding carboxylic acids is 1. The molecule has 0 spiro atoms. The molecule has 3 rings (SSSR count). The minimum atomic E-state index is -0.857. The van der Waals surface area contributed by atoms with Crippen LogP contribution in [0.4, 0.5) is 0 Å². The Bertz CT molecular complexity index is 508. The molecule has 120 valence electrons. The Morgan fingerprint density at radius 3 is 2.32 bits per heavy atom. The van der Waals surface area contributed by atoms with Gasteiger partial charge in [0.25, 0.3) is 0 Å². The monoisotopic (exact) mass is 301 g/mol. The molecule has 1 aromatic rings. The Labute approximate surface area is 133 Å². The van der Waals surface area contributed by atoms with Gasteiger partial charge in [-0.25, -0.2) is 0 Å². The number of fused-ring (bicyclic) bond motifs is 1. The van der Waals surface area contributed by atoms with E-state index in [9.17, 15) is 9.90 Å². The first-order valence-corrected chi connectivity index (χ1v) is 8.51. The van der Waals surface area contributed by atoms with Crippen molar-refractivity contribution in [3.63, 3.8) is 0 Å². The van der Waals surface area contributed by atoms with Crippen LogP contribution in [-0.2, 0) is 11.3 Å². The van der Waals surface area contributed by atoms with E-state index in [4.69, 9.17) is 0 Å². The minimum absolute atomic E-state index is 0.216. The van der Waals surface area contributed by atoms with Crippen molar-refractivity contribution in [2.45, 2.75) is 51.7 Å². The fourth-order valence-corrected chi connectivity index (χ4v) is 4.05. The molecule has 22 heavy (non-hydrogen) atoms. The van der Waals surface area contributed by atoms with Crippen LogP contribution in [0, 0.1) is 17.8 Å². The maximum Gasteiger partial charge on any atom is 0.226 e. The number of amides is 1. The van der Waals surface area contributed by atoms with Crippen molar-refractivity contribution in [3.8, 4) is 0 Å². The first-order chi connectivity index (χ1) is 10.5. The molecule has 0 heterocycles. The highest BCUT2D eigenvalue weighted by molar-refractivity contribution is 5.82. The molecule has 2 atom stereocenters. The average molecular weight is 301 g/mol. The highest BCUT2D eigenvalue weighted by Gasteiger charge is 2.55. The molecular formula is C19H27NO2. The van der Waals surface area contributed by atoms with Gasteiger partial charge in [0.15, 0.2) is 0 Å². The molecule has 1 amide bonds. The van der Waals surface area contributed by atoms with Crippen molar-refractivity contribution >= 4 is 5.91 Å². The van der Waals surface area contributed by atoms with Gasteiger partial charge in [0.1, 0.15) is 0 Å². The molecule has 2 aliphatic carbocycles. The zero-order valence-electron chi connectivity index (χ0n) is 13.7. The second-order valence-corrected chi connectivity index (χ2v) is 7.63. The molecule has 0 radical (unpaired) electrons. The van der Waals surface area contributed by atoms with Gasteiger partial charge in [-0.1, -0.05) is 43.2 Å². The Hall–Kier alpha value is -1.35. The summed E-state index contributed by atoms with van der Waals surface area (Å²) in [5.74, 6) is 1.69. The standard InChI is InChI=1S/C19H27NO2/c1-19(2,22)13-20(12-14-8-4-3-5-9-14)18(21)17-15-10-6-7-11-16(15)17/h3-5,8-9,15-17,22H,6-7,10-13H2,1-2H3. The number of rotatable bonds is 5. The zero-order chi connectivity index (χ0) is 15.7. The lowest BCUT2D eigenvalue weighted by Gasteiger charge is -2.29. The summed E-state index contributed by atoms with van der Waals surface area (Å²) in [6.45, 7) is 4.55. The Kier molecular flexibility index (Phi) is 4.26. The fraction of sp³-hybridized carbons (Fsp3) is 0.632. The van der Waals surface area contributed by atoms with Crippen molar-refractivity contribution in [1.29, 1.82) is 0 Å². The largest absolute Gasteiger partial charge is 0.389 e. The third-order valence-electron chi connectivity index (χ3n) is 5.05. The number of hydrogen-bond donors (Lipinski definition) is 1. The SMILES string of the molecule is CC(C)(O)CN(Cc1ccccc1)C(=O)C1C2CCCCC21. The topological polar surface area (TPSA) is 40.5 Å². The molecule has 2 saturated carbocycles. The van der Waals surface area contributed by atoms with Gasteiger partial charge in [0.05, 0.1) is 5.60 Å². The van der Waals surface area contributed by atoms with Gasteiger partial charge in [-0.15, -0.1) is 0 Å². The number of benzene rings is 1. The maximum atomic E-state index is 13.0. The van der Waals surface area contributed by atoms with Gasteiger partial charge >= 0.3 is 0 Å².